The van der Waals surface area contributed by atoms with Gasteiger partial charge in [0.25, 0.3) is 0 Å². The number of aromatic nitrogens is 1. The SMILES string of the molecule is CC(O)(C#Cc1cccc(B2OC(C)(C)C(C)(C)O2)c1)c1nccs1. The molecule has 2 heterocycles. The van der Waals surface area contributed by atoms with Crippen molar-refractivity contribution >= 4 is 23.9 Å². The summed E-state index contributed by atoms with van der Waals surface area (Å²) in [5, 5.41) is 12.9. The van der Waals surface area contributed by atoms with Gasteiger partial charge in [-0.15, -0.1) is 11.3 Å². The van der Waals surface area contributed by atoms with Crippen LogP contribution >= 0.6 is 11.3 Å². The van der Waals surface area contributed by atoms with Crippen molar-refractivity contribution in [3.63, 3.8) is 0 Å². The fourth-order valence-corrected chi connectivity index (χ4v) is 3.11. The van der Waals surface area contributed by atoms with Crippen molar-refractivity contribution in [2.24, 2.45) is 0 Å². The van der Waals surface area contributed by atoms with Crippen molar-refractivity contribution in [3.05, 3.63) is 46.4 Å². The Bertz CT molecular complexity index is 803. The molecule has 4 nitrogen and oxygen atoms in total. The maximum Gasteiger partial charge on any atom is 0.494 e. The first kappa shape index (κ1) is 18.2. The number of thiazole rings is 1. The molecular weight excluding hydrogens is 333 g/mol. The summed E-state index contributed by atoms with van der Waals surface area (Å²) in [7, 11) is -0.425. The van der Waals surface area contributed by atoms with Gasteiger partial charge in [-0.3, -0.25) is 0 Å². The van der Waals surface area contributed by atoms with Crippen molar-refractivity contribution in [1.29, 1.82) is 0 Å². The van der Waals surface area contributed by atoms with Gasteiger partial charge in [-0.2, -0.15) is 0 Å². The molecule has 1 N–H and O–H groups in total. The second kappa shape index (κ2) is 6.26. The van der Waals surface area contributed by atoms with Gasteiger partial charge in [0.15, 0.2) is 5.60 Å². The van der Waals surface area contributed by atoms with Crippen LogP contribution in [-0.2, 0) is 14.9 Å². The van der Waals surface area contributed by atoms with Crippen LogP contribution in [0.2, 0.25) is 0 Å². The van der Waals surface area contributed by atoms with E-state index in [0.29, 0.717) is 5.01 Å². The minimum absolute atomic E-state index is 0.381. The van der Waals surface area contributed by atoms with E-state index in [1.165, 1.54) is 11.3 Å². The third-order valence-electron chi connectivity index (χ3n) is 4.71. The summed E-state index contributed by atoms with van der Waals surface area (Å²) in [6, 6.07) is 7.72. The first-order valence-electron chi connectivity index (χ1n) is 8.22. The minimum atomic E-state index is -1.27. The Balaban J connectivity index is 1.84. The van der Waals surface area contributed by atoms with Crippen LogP contribution in [0.1, 0.15) is 45.2 Å². The highest BCUT2D eigenvalue weighted by molar-refractivity contribution is 7.09. The number of nitrogens with zero attached hydrogens (tertiary/aromatic N) is 1. The Morgan fingerprint density at radius 3 is 2.48 bits per heavy atom. The quantitative estimate of drug-likeness (QED) is 0.665. The molecule has 0 amide bonds. The molecule has 0 radical (unpaired) electrons. The Hall–Kier alpha value is -1.65. The van der Waals surface area contributed by atoms with Crippen LogP contribution in [0.4, 0.5) is 0 Å². The normalized spacial score (nSPS) is 20.6. The lowest BCUT2D eigenvalue weighted by Crippen LogP contribution is -2.41. The predicted molar refractivity (Wildman–Crippen MR) is 101 cm³/mol. The van der Waals surface area contributed by atoms with E-state index < -0.39 is 12.7 Å². The zero-order valence-corrected chi connectivity index (χ0v) is 16.0. The maximum atomic E-state index is 10.5. The molecular formula is C19H22BNO3S. The summed E-state index contributed by atoms with van der Waals surface area (Å²) in [6.07, 6.45) is 1.66. The lowest BCUT2D eigenvalue weighted by atomic mass is 9.78. The zero-order valence-electron chi connectivity index (χ0n) is 15.2. The summed E-state index contributed by atoms with van der Waals surface area (Å²) >= 11 is 1.38. The Morgan fingerprint density at radius 2 is 1.88 bits per heavy atom. The van der Waals surface area contributed by atoms with Crippen LogP contribution in [0.5, 0.6) is 0 Å². The highest BCUT2D eigenvalue weighted by Gasteiger charge is 2.51. The van der Waals surface area contributed by atoms with Gasteiger partial charge >= 0.3 is 7.12 Å². The number of benzene rings is 1. The maximum absolute atomic E-state index is 10.5. The van der Waals surface area contributed by atoms with Crippen LogP contribution in [-0.4, -0.2) is 28.4 Å². The van der Waals surface area contributed by atoms with Gasteiger partial charge in [0.2, 0.25) is 0 Å². The summed E-state index contributed by atoms with van der Waals surface area (Å²) in [5.74, 6) is 5.93. The van der Waals surface area contributed by atoms with E-state index in [2.05, 4.69) is 16.8 Å². The van der Waals surface area contributed by atoms with E-state index in [-0.39, 0.29) is 11.2 Å². The molecule has 1 atom stereocenters. The molecule has 0 bridgehead atoms. The van der Waals surface area contributed by atoms with Gasteiger partial charge in [-0.05, 0) is 52.2 Å². The highest BCUT2D eigenvalue weighted by atomic mass is 32.1. The third kappa shape index (κ3) is 3.65. The molecule has 0 saturated carbocycles. The molecule has 0 aliphatic carbocycles. The number of hydrogen-bond donors (Lipinski definition) is 1. The van der Waals surface area contributed by atoms with Gasteiger partial charge in [0.1, 0.15) is 5.01 Å². The van der Waals surface area contributed by atoms with E-state index in [0.717, 1.165) is 11.0 Å². The fraction of sp³-hybridized carbons (Fsp3) is 0.421. The Labute approximate surface area is 153 Å². The van der Waals surface area contributed by atoms with E-state index in [4.69, 9.17) is 9.31 Å². The van der Waals surface area contributed by atoms with Crippen LogP contribution in [0, 0.1) is 11.8 Å². The molecule has 1 saturated heterocycles. The molecule has 1 aromatic carbocycles. The molecule has 1 aromatic heterocycles. The van der Waals surface area contributed by atoms with E-state index >= 15 is 0 Å². The number of rotatable bonds is 2. The van der Waals surface area contributed by atoms with E-state index in [1.807, 2.05) is 57.3 Å². The smallest absolute Gasteiger partial charge is 0.399 e. The molecule has 1 fully saturated rings. The largest absolute Gasteiger partial charge is 0.494 e. The van der Waals surface area contributed by atoms with Crippen LogP contribution in [0.3, 0.4) is 0 Å². The Kier molecular flexibility index (Phi) is 4.55. The lowest BCUT2D eigenvalue weighted by Gasteiger charge is -2.32. The second-order valence-corrected chi connectivity index (χ2v) is 8.27. The van der Waals surface area contributed by atoms with Crippen molar-refractivity contribution in [2.45, 2.75) is 51.4 Å². The molecule has 25 heavy (non-hydrogen) atoms. The topological polar surface area (TPSA) is 51.6 Å². The molecule has 3 rings (SSSR count). The summed E-state index contributed by atoms with van der Waals surface area (Å²) in [4.78, 5) is 4.14. The third-order valence-corrected chi connectivity index (χ3v) is 5.69. The van der Waals surface area contributed by atoms with Crippen molar-refractivity contribution in [2.75, 3.05) is 0 Å². The monoisotopic (exact) mass is 355 g/mol. The first-order valence-corrected chi connectivity index (χ1v) is 9.10. The molecule has 0 spiro atoms. The summed E-state index contributed by atoms with van der Waals surface area (Å²) in [6.45, 7) is 9.77. The molecule has 1 unspecified atom stereocenters. The predicted octanol–water partition coefficient (Wildman–Crippen LogP) is 2.70. The van der Waals surface area contributed by atoms with Crippen molar-refractivity contribution in [1.82, 2.24) is 4.98 Å². The molecule has 6 heteroatoms. The Morgan fingerprint density at radius 1 is 1.20 bits per heavy atom. The van der Waals surface area contributed by atoms with Crippen LogP contribution in [0.25, 0.3) is 0 Å². The van der Waals surface area contributed by atoms with Gasteiger partial charge in [0.05, 0.1) is 11.2 Å². The molecule has 1 aliphatic rings. The highest BCUT2D eigenvalue weighted by Crippen LogP contribution is 2.36. The lowest BCUT2D eigenvalue weighted by molar-refractivity contribution is 0.00578. The van der Waals surface area contributed by atoms with Crippen molar-refractivity contribution in [3.8, 4) is 11.8 Å². The van der Waals surface area contributed by atoms with E-state index in [9.17, 15) is 5.11 Å². The van der Waals surface area contributed by atoms with Crippen molar-refractivity contribution < 1.29 is 14.4 Å². The fourth-order valence-electron chi connectivity index (χ4n) is 2.45. The first-order chi connectivity index (χ1) is 11.6. The molecule has 2 aromatic rings. The second-order valence-electron chi connectivity index (χ2n) is 7.37. The summed E-state index contributed by atoms with van der Waals surface area (Å²) in [5.41, 5.74) is -0.320. The zero-order chi connectivity index (χ0) is 18.3. The average molecular weight is 355 g/mol. The number of aliphatic hydroxyl groups is 1. The van der Waals surface area contributed by atoms with Crippen LogP contribution < -0.4 is 5.46 Å². The minimum Gasteiger partial charge on any atom is -0.399 e. The van der Waals surface area contributed by atoms with Crippen LogP contribution in [0.15, 0.2) is 35.8 Å². The average Bonchev–Trinajstić information content (AvgIpc) is 3.13. The molecule has 1 aliphatic heterocycles. The standard InChI is InChI=1S/C19H22BNO3S/c1-17(2)18(3,4)24-20(23-17)15-8-6-7-14(13-15)9-10-19(5,22)16-21-11-12-25-16/h6-8,11-13,22H,1-5H3. The van der Waals surface area contributed by atoms with Gasteiger partial charge in [0, 0.05) is 17.1 Å². The summed E-state index contributed by atoms with van der Waals surface area (Å²) < 4.78 is 12.2. The van der Waals surface area contributed by atoms with Gasteiger partial charge in [-0.1, -0.05) is 24.0 Å². The van der Waals surface area contributed by atoms with Gasteiger partial charge in [-0.25, -0.2) is 4.98 Å². The van der Waals surface area contributed by atoms with E-state index in [1.54, 1.807) is 13.1 Å². The van der Waals surface area contributed by atoms with Gasteiger partial charge < -0.3 is 14.4 Å². The molecule has 130 valence electrons. The number of hydrogen-bond acceptors (Lipinski definition) is 5.